The third kappa shape index (κ3) is 5.86. The lowest BCUT2D eigenvalue weighted by molar-refractivity contribution is -0.158. The first kappa shape index (κ1) is 21.4. The highest BCUT2D eigenvalue weighted by Crippen LogP contribution is 2.29. The summed E-state index contributed by atoms with van der Waals surface area (Å²) < 4.78 is 12.0. The molecule has 4 rings (SSSR count). The minimum atomic E-state index is -0.521. The quantitative estimate of drug-likeness (QED) is 0.728. The summed E-state index contributed by atoms with van der Waals surface area (Å²) >= 11 is 1.62. The van der Waals surface area contributed by atoms with Crippen LogP contribution in [0, 0.1) is 0 Å². The molecule has 0 unspecified atom stereocenters. The predicted molar refractivity (Wildman–Crippen MR) is 114 cm³/mol. The minimum absolute atomic E-state index is 0.00382. The summed E-state index contributed by atoms with van der Waals surface area (Å²) in [6.45, 7) is 2.48. The number of thiazole rings is 1. The molecule has 2 fully saturated rings. The molecule has 2 aromatic rings. The van der Waals surface area contributed by atoms with E-state index in [0.29, 0.717) is 39.3 Å². The number of ether oxygens (including phenoxy) is 2. The maximum atomic E-state index is 12.4. The van der Waals surface area contributed by atoms with Crippen molar-refractivity contribution in [1.82, 2.24) is 15.2 Å². The molecule has 4 atom stereocenters. The Hall–Kier alpha value is -1.84. The van der Waals surface area contributed by atoms with Gasteiger partial charge in [-0.2, -0.15) is 0 Å². The molecule has 1 amide bonds. The highest BCUT2D eigenvalue weighted by Gasteiger charge is 2.38. The molecular formula is C22H29N3O4S. The van der Waals surface area contributed by atoms with Crippen LogP contribution >= 0.6 is 11.3 Å². The molecule has 30 heavy (non-hydrogen) atoms. The molecule has 1 aromatic carbocycles. The molecule has 2 saturated heterocycles. The zero-order valence-electron chi connectivity index (χ0n) is 17.0. The number of aromatic nitrogens is 1. The standard InChI is InChI=1S/C22H29N3O4S/c26-17-12-25(13-22-23-8-9-30-22)19-7-6-18(29-20(19)15-28-14-17)10-21(27)24-11-16-4-2-1-3-5-16/h1-5,8-9,17-20,26H,6-7,10-15H2,(H,24,27)/t17-,18-,19+,20-/m0/s1. The van der Waals surface area contributed by atoms with Crippen LogP contribution in [-0.2, 0) is 27.4 Å². The number of hydrogen-bond acceptors (Lipinski definition) is 7. The van der Waals surface area contributed by atoms with Gasteiger partial charge in [0.15, 0.2) is 0 Å². The van der Waals surface area contributed by atoms with E-state index in [1.165, 1.54) is 0 Å². The van der Waals surface area contributed by atoms with Gasteiger partial charge in [-0.1, -0.05) is 30.3 Å². The Morgan fingerprint density at radius 3 is 2.93 bits per heavy atom. The second-order valence-corrected chi connectivity index (χ2v) is 8.93. The molecule has 2 aliphatic heterocycles. The fourth-order valence-corrected chi connectivity index (χ4v) is 4.85. The molecule has 0 spiro atoms. The minimum Gasteiger partial charge on any atom is -0.389 e. The number of aliphatic hydroxyl groups excluding tert-OH is 1. The van der Waals surface area contributed by atoms with Gasteiger partial charge in [-0.25, -0.2) is 4.98 Å². The van der Waals surface area contributed by atoms with Crippen LogP contribution in [0.15, 0.2) is 41.9 Å². The van der Waals surface area contributed by atoms with Crippen molar-refractivity contribution in [2.45, 2.75) is 56.7 Å². The largest absolute Gasteiger partial charge is 0.389 e. The van der Waals surface area contributed by atoms with Crippen molar-refractivity contribution < 1.29 is 19.4 Å². The van der Waals surface area contributed by atoms with Crippen LogP contribution in [0.25, 0.3) is 0 Å². The van der Waals surface area contributed by atoms with Crippen molar-refractivity contribution in [1.29, 1.82) is 0 Å². The van der Waals surface area contributed by atoms with Gasteiger partial charge in [-0.05, 0) is 18.4 Å². The van der Waals surface area contributed by atoms with Crippen LogP contribution in [-0.4, -0.2) is 65.0 Å². The predicted octanol–water partition coefficient (Wildman–Crippen LogP) is 1.96. The summed E-state index contributed by atoms with van der Waals surface area (Å²) in [7, 11) is 0. The maximum Gasteiger partial charge on any atom is 0.222 e. The topological polar surface area (TPSA) is 83.9 Å². The van der Waals surface area contributed by atoms with Crippen LogP contribution in [0.3, 0.4) is 0 Å². The first-order chi connectivity index (χ1) is 14.7. The summed E-state index contributed by atoms with van der Waals surface area (Å²) in [4.78, 5) is 19.1. The van der Waals surface area contributed by atoms with Crippen molar-refractivity contribution in [2.24, 2.45) is 0 Å². The van der Waals surface area contributed by atoms with E-state index >= 15 is 0 Å². The Labute approximate surface area is 181 Å². The van der Waals surface area contributed by atoms with Crippen LogP contribution in [0.1, 0.15) is 29.8 Å². The number of fused-ring (bicyclic) bond motifs is 1. The Morgan fingerprint density at radius 2 is 2.13 bits per heavy atom. The Kier molecular flexibility index (Phi) is 7.46. The smallest absolute Gasteiger partial charge is 0.222 e. The van der Waals surface area contributed by atoms with E-state index in [2.05, 4.69) is 15.2 Å². The van der Waals surface area contributed by atoms with Gasteiger partial charge in [0.25, 0.3) is 0 Å². The lowest BCUT2D eigenvalue weighted by Crippen LogP contribution is -2.55. The van der Waals surface area contributed by atoms with Crippen LogP contribution < -0.4 is 5.32 Å². The SMILES string of the molecule is O=C(C[C@@H]1CC[C@@H]2[C@H](COC[C@@H](O)CN2Cc2nccs2)O1)NCc1ccccc1. The first-order valence-electron chi connectivity index (χ1n) is 10.5. The highest BCUT2D eigenvalue weighted by molar-refractivity contribution is 7.09. The molecule has 2 N–H and O–H groups in total. The summed E-state index contributed by atoms with van der Waals surface area (Å²) in [6, 6.07) is 10.0. The molecule has 0 saturated carbocycles. The average molecular weight is 432 g/mol. The molecule has 0 radical (unpaired) electrons. The molecular weight excluding hydrogens is 402 g/mol. The molecule has 0 aliphatic carbocycles. The number of carbonyl (C=O) groups is 1. The molecule has 3 heterocycles. The van der Waals surface area contributed by atoms with E-state index in [0.717, 1.165) is 23.4 Å². The second-order valence-electron chi connectivity index (χ2n) is 7.95. The van der Waals surface area contributed by atoms with Gasteiger partial charge in [0.1, 0.15) is 5.01 Å². The molecule has 162 valence electrons. The van der Waals surface area contributed by atoms with Gasteiger partial charge in [0.05, 0.1) is 44.5 Å². The Bertz CT molecular complexity index is 789. The van der Waals surface area contributed by atoms with Gasteiger partial charge in [-0.15, -0.1) is 11.3 Å². The monoisotopic (exact) mass is 431 g/mol. The van der Waals surface area contributed by atoms with Crippen LogP contribution in [0.5, 0.6) is 0 Å². The molecule has 0 bridgehead atoms. The van der Waals surface area contributed by atoms with E-state index in [4.69, 9.17) is 9.47 Å². The zero-order valence-corrected chi connectivity index (χ0v) is 17.8. The Morgan fingerprint density at radius 1 is 1.27 bits per heavy atom. The summed E-state index contributed by atoms with van der Waals surface area (Å²) in [6.07, 6.45) is 3.13. The number of β-amino-alcohol motifs (C(OH)–C–C–N with tert-alkyl or cyclic N) is 1. The molecule has 1 aromatic heterocycles. The van der Waals surface area contributed by atoms with E-state index in [1.54, 1.807) is 11.3 Å². The van der Waals surface area contributed by atoms with Crippen LogP contribution in [0.4, 0.5) is 0 Å². The number of aliphatic hydroxyl groups is 1. The highest BCUT2D eigenvalue weighted by atomic mass is 32.1. The van der Waals surface area contributed by atoms with Gasteiger partial charge in [-0.3, -0.25) is 9.69 Å². The zero-order chi connectivity index (χ0) is 20.8. The van der Waals surface area contributed by atoms with E-state index in [-0.39, 0.29) is 24.2 Å². The summed E-state index contributed by atoms with van der Waals surface area (Å²) in [5.41, 5.74) is 1.08. The number of nitrogens with one attached hydrogen (secondary N) is 1. The third-order valence-corrected chi connectivity index (χ3v) is 6.42. The van der Waals surface area contributed by atoms with E-state index in [9.17, 15) is 9.90 Å². The average Bonchev–Trinajstić information content (AvgIpc) is 3.25. The van der Waals surface area contributed by atoms with Crippen molar-refractivity contribution in [2.75, 3.05) is 19.8 Å². The number of hydrogen-bond donors (Lipinski definition) is 2. The van der Waals surface area contributed by atoms with Gasteiger partial charge in [0, 0.05) is 30.7 Å². The number of amides is 1. The van der Waals surface area contributed by atoms with Gasteiger partial charge >= 0.3 is 0 Å². The van der Waals surface area contributed by atoms with Crippen molar-refractivity contribution in [3.05, 3.63) is 52.5 Å². The molecule has 2 aliphatic rings. The van der Waals surface area contributed by atoms with Crippen molar-refractivity contribution >= 4 is 17.2 Å². The number of carbonyl (C=O) groups excluding carboxylic acids is 1. The maximum absolute atomic E-state index is 12.4. The summed E-state index contributed by atoms with van der Waals surface area (Å²) in [5.74, 6) is 0.00382. The van der Waals surface area contributed by atoms with Gasteiger partial charge < -0.3 is 19.9 Å². The fourth-order valence-electron chi connectivity index (χ4n) is 4.21. The molecule has 7 nitrogen and oxygen atoms in total. The first-order valence-corrected chi connectivity index (χ1v) is 11.4. The summed E-state index contributed by atoms with van der Waals surface area (Å²) in [5, 5.41) is 16.2. The second kappa shape index (κ2) is 10.5. The van der Waals surface area contributed by atoms with Crippen molar-refractivity contribution in [3.63, 3.8) is 0 Å². The van der Waals surface area contributed by atoms with Crippen LogP contribution in [0.2, 0.25) is 0 Å². The van der Waals surface area contributed by atoms with Crippen molar-refractivity contribution in [3.8, 4) is 0 Å². The fraction of sp³-hybridized carbons (Fsp3) is 0.545. The lowest BCUT2D eigenvalue weighted by Gasteiger charge is -2.44. The molecule has 8 heteroatoms. The Balaban J connectivity index is 1.33. The van der Waals surface area contributed by atoms with Gasteiger partial charge in [0.2, 0.25) is 5.91 Å². The lowest BCUT2D eigenvalue weighted by atomic mass is 9.94. The number of nitrogens with zero attached hydrogens (tertiary/aromatic N) is 2. The van der Waals surface area contributed by atoms with E-state index in [1.807, 2.05) is 41.9 Å². The third-order valence-electron chi connectivity index (χ3n) is 5.65. The number of rotatable bonds is 6. The van der Waals surface area contributed by atoms with E-state index < -0.39 is 6.10 Å². The number of benzene rings is 1. The normalized spacial score (nSPS) is 27.6.